The molecule has 0 heterocycles. The minimum atomic E-state index is -0.845. The average molecular weight is 1310 g/mol. The van der Waals surface area contributed by atoms with Crippen LogP contribution in [0.4, 0.5) is 0 Å². The summed E-state index contributed by atoms with van der Waals surface area (Å²) in [4.78, 5) is 24.7. The van der Waals surface area contributed by atoms with E-state index in [0.717, 1.165) is 44.9 Å². The first-order valence-electron chi connectivity index (χ1n) is 42.8. The van der Waals surface area contributed by atoms with E-state index >= 15 is 0 Å². The fraction of sp³-hybridized carbons (Fsp3) is 0.908. The van der Waals surface area contributed by atoms with Gasteiger partial charge in [0.1, 0.15) is 0 Å². The molecule has 6 heteroatoms. The SMILES string of the molecule is CCCCCCCCCCCCCCCCCCCCCCC/C=C/C(O)C(CO)NC(=O)CCCCCCCCCCCCCCCCCCC/C=C\C/C=C\CCCCCCCCCCCCCOC(=O)CCCCCCCCCCCCCCCCCCCC. The number of ether oxygens (including phenoxy) is 1. The van der Waals surface area contributed by atoms with Crippen LogP contribution < -0.4 is 5.32 Å². The van der Waals surface area contributed by atoms with Crippen LogP contribution in [0.15, 0.2) is 36.5 Å². The smallest absolute Gasteiger partial charge is 0.305 e. The molecule has 0 aromatic carbocycles. The summed E-state index contributed by atoms with van der Waals surface area (Å²) in [5.74, 6) is -0.0385. The predicted octanol–water partition coefficient (Wildman–Crippen LogP) is 28.6. The van der Waals surface area contributed by atoms with Crippen molar-refractivity contribution in [2.24, 2.45) is 0 Å². The number of carbonyl (C=O) groups excluding carboxylic acids is 2. The van der Waals surface area contributed by atoms with Crippen molar-refractivity contribution in [3.05, 3.63) is 36.5 Å². The normalized spacial score (nSPS) is 12.6. The predicted molar refractivity (Wildman–Crippen MR) is 412 cm³/mol. The van der Waals surface area contributed by atoms with E-state index in [1.54, 1.807) is 6.08 Å². The van der Waals surface area contributed by atoms with Crippen molar-refractivity contribution in [1.82, 2.24) is 5.32 Å². The molecule has 0 spiro atoms. The zero-order valence-corrected chi connectivity index (χ0v) is 63.3. The molecule has 0 aliphatic heterocycles. The molecule has 0 saturated heterocycles. The summed E-state index contributed by atoms with van der Waals surface area (Å²) >= 11 is 0. The standard InChI is InChI=1S/C87H167NO5/c1-3-5-7-9-11-13-15-17-19-21-23-24-38-41-44-47-51-55-59-63-67-71-75-79-85(90)84(83-89)88-86(91)80-76-72-68-64-60-56-52-48-45-42-39-36-34-32-30-28-26-25-27-29-31-33-35-37-40-43-46-50-54-58-62-66-70-74-78-82-93-87(92)81-77-73-69-65-61-57-53-49-22-20-18-16-14-12-10-8-6-4-2/h27,29,33,35,75,79,84-85,89-90H,3-26,28,30-32,34,36-74,76-78,80-83H2,1-2H3,(H,88,91)/b29-27-,35-33-,79-75+. The Morgan fingerprint density at radius 1 is 0.301 bits per heavy atom. The second-order valence-electron chi connectivity index (χ2n) is 29.5. The molecule has 0 rings (SSSR count). The Labute approximate surface area is 583 Å². The number of hydrogen-bond donors (Lipinski definition) is 3. The Bertz CT molecular complexity index is 1510. The summed E-state index contributed by atoms with van der Waals surface area (Å²) < 4.78 is 5.52. The second kappa shape index (κ2) is 82.5. The van der Waals surface area contributed by atoms with Gasteiger partial charge in [-0.1, -0.05) is 442 Å². The summed E-state index contributed by atoms with van der Waals surface area (Å²) in [7, 11) is 0. The number of aliphatic hydroxyl groups excluding tert-OH is 2. The number of esters is 1. The van der Waals surface area contributed by atoms with Gasteiger partial charge in [0.25, 0.3) is 0 Å². The molecule has 1 amide bonds. The van der Waals surface area contributed by atoms with Crippen LogP contribution in [0.5, 0.6) is 0 Å². The quantitative estimate of drug-likeness (QED) is 0.0320. The van der Waals surface area contributed by atoms with Crippen LogP contribution in [0.2, 0.25) is 0 Å². The summed E-state index contributed by atoms with van der Waals surface area (Å²) in [6, 6.07) is -0.628. The van der Waals surface area contributed by atoms with Crippen LogP contribution in [0.25, 0.3) is 0 Å². The first-order chi connectivity index (χ1) is 46.0. The monoisotopic (exact) mass is 1310 g/mol. The van der Waals surface area contributed by atoms with Crippen LogP contribution in [0.1, 0.15) is 483 Å². The highest BCUT2D eigenvalue weighted by molar-refractivity contribution is 5.76. The zero-order chi connectivity index (χ0) is 67.0. The van der Waals surface area contributed by atoms with E-state index in [2.05, 4.69) is 43.5 Å². The molecular formula is C87H167NO5. The zero-order valence-electron chi connectivity index (χ0n) is 63.3. The maximum atomic E-state index is 12.6. The summed E-state index contributed by atoms with van der Waals surface area (Å²) in [5, 5.41) is 23.3. The molecule has 0 aliphatic rings. The third-order valence-corrected chi connectivity index (χ3v) is 20.2. The highest BCUT2D eigenvalue weighted by atomic mass is 16.5. The molecule has 0 fully saturated rings. The van der Waals surface area contributed by atoms with Gasteiger partial charge >= 0.3 is 5.97 Å². The largest absolute Gasteiger partial charge is 0.466 e. The molecule has 6 nitrogen and oxygen atoms in total. The van der Waals surface area contributed by atoms with E-state index < -0.39 is 12.1 Å². The Hall–Kier alpha value is -1.92. The summed E-state index contributed by atoms with van der Waals surface area (Å²) in [6.07, 6.45) is 109. The molecule has 0 radical (unpaired) electrons. The summed E-state index contributed by atoms with van der Waals surface area (Å²) in [6.45, 7) is 4.97. The lowest BCUT2D eigenvalue weighted by atomic mass is 10.0. The lowest BCUT2D eigenvalue weighted by Gasteiger charge is -2.20. The molecule has 0 aromatic rings. The highest BCUT2D eigenvalue weighted by Gasteiger charge is 2.18. The van der Waals surface area contributed by atoms with Crippen molar-refractivity contribution in [2.45, 2.75) is 495 Å². The van der Waals surface area contributed by atoms with Gasteiger partial charge in [0.2, 0.25) is 5.91 Å². The number of allylic oxidation sites excluding steroid dienone is 5. The molecule has 2 unspecified atom stereocenters. The number of amides is 1. The number of hydrogen-bond acceptors (Lipinski definition) is 5. The first kappa shape index (κ1) is 91.1. The Morgan fingerprint density at radius 2 is 0.538 bits per heavy atom. The van der Waals surface area contributed by atoms with E-state index in [1.807, 2.05) is 6.08 Å². The van der Waals surface area contributed by atoms with Gasteiger partial charge in [-0.15, -0.1) is 0 Å². The highest BCUT2D eigenvalue weighted by Crippen LogP contribution is 2.20. The maximum Gasteiger partial charge on any atom is 0.305 e. The fourth-order valence-electron chi connectivity index (χ4n) is 13.7. The van der Waals surface area contributed by atoms with E-state index in [-0.39, 0.29) is 18.5 Å². The molecule has 0 saturated carbocycles. The number of nitrogens with one attached hydrogen (secondary N) is 1. The van der Waals surface area contributed by atoms with Crippen molar-refractivity contribution in [2.75, 3.05) is 13.2 Å². The fourth-order valence-corrected chi connectivity index (χ4v) is 13.7. The van der Waals surface area contributed by atoms with Crippen molar-refractivity contribution in [3.8, 4) is 0 Å². The van der Waals surface area contributed by atoms with Gasteiger partial charge < -0.3 is 20.3 Å². The third kappa shape index (κ3) is 79.0. The lowest BCUT2D eigenvalue weighted by molar-refractivity contribution is -0.143. The van der Waals surface area contributed by atoms with Crippen LogP contribution in [-0.4, -0.2) is 47.4 Å². The molecule has 0 bridgehead atoms. The number of rotatable bonds is 81. The van der Waals surface area contributed by atoms with Gasteiger partial charge in [0.05, 0.1) is 25.4 Å². The van der Waals surface area contributed by atoms with Gasteiger partial charge in [0.15, 0.2) is 0 Å². The minimum absolute atomic E-state index is 0.0220. The van der Waals surface area contributed by atoms with E-state index in [0.29, 0.717) is 19.4 Å². The molecule has 2 atom stereocenters. The van der Waals surface area contributed by atoms with Gasteiger partial charge in [0, 0.05) is 12.8 Å². The van der Waals surface area contributed by atoms with Crippen molar-refractivity contribution in [3.63, 3.8) is 0 Å². The Balaban J connectivity index is 3.38. The van der Waals surface area contributed by atoms with Crippen LogP contribution in [-0.2, 0) is 14.3 Å². The Kier molecular flexibility index (Phi) is 80.8. The minimum Gasteiger partial charge on any atom is -0.466 e. The Morgan fingerprint density at radius 3 is 0.817 bits per heavy atom. The number of carbonyl (C=O) groups is 2. The molecule has 93 heavy (non-hydrogen) atoms. The maximum absolute atomic E-state index is 12.6. The first-order valence-corrected chi connectivity index (χ1v) is 42.8. The summed E-state index contributed by atoms with van der Waals surface area (Å²) in [5.41, 5.74) is 0. The lowest BCUT2D eigenvalue weighted by Crippen LogP contribution is -2.45. The van der Waals surface area contributed by atoms with E-state index in [9.17, 15) is 19.8 Å². The van der Waals surface area contributed by atoms with E-state index in [4.69, 9.17) is 4.74 Å². The van der Waals surface area contributed by atoms with Gasteiger partial charge in [-0.2, -0.15) is 0 Å². The molecule has 3 N–H and O–H groups in total. The second-order valence-corrected chi connectivity index (χ2v) is 29.5. The third-order valence-electron chi connectivity index (χ3n) is 20.2. The van der Waals surface area contributed by atoms with Crippen LogP contribution in [0, 0.1) is 0 Å². The van der Waals surface area contributed by atoms with Gasteiger partial charge in [-0.3, -0.25) is 9.59 Å². The molecule has 0 aromatic heterocycles. The van der Waals surface area contributed by atoms with Crippen molar-refractivity contribution < 1.29 is 24.5 Å². The average Bonchev–Trinajstić information content (AvgIpc) is 3.78. The molecule has 0 aliphatic carbocycles. The number of unbranched alkanes of at least 4 members (excludes halogenated alkanes) is 66. The molecule has 550 valence electrons. The topological polar surface area (TPSA) is 95.9 Å². The van der Waals surface area contributed by atoms with Crippen molar-refractivity contribution >= 4 is 11.9 Å². The van der Waals surface area contributed by atoms with Gasteiger partial charge in [-0.25, -0.2) is 0 Å². The van der Waals surface area contributed by atoms with Crippen LogP contribution >= 0.6 is 0 Å². The van der Waals surface area contributed by atoms with Gasteiger partial charge in [-0.05, 0) is 64.2 Å². The van der Waals surface area contributed by atoms with Crippen molar-refractivity contribution in [1.29, 1.82) is 0 Å². The van der Waals surface area contributed by atoms with Crippen LogP contribution in [0.3, 0.4) is 0 Å². The molecular weight excluding hydrogens is 1140 g/mol. The van der Waals surface area contributed by atoms with E-state index in [1.165, 1.54) is 411 Å². The number of aliphatic hydroxyl groups is 2.